The average molecular weight is 251 g/mol. The van der Waals surface area contributed by atoms with Crippen LogP contribution in [0.15, 0.2) is 5.16 Å². The van der Waals surface area contributed by atoms with Crippen LogP contribution in [0.2, 0.25) is 0 Å². The molecule has 1 fully saturated rings. The summed E-state index contributed by atoms with van der Waals surface area (Å²) < 4.78 is 35.8. The first kappa shape index (κ1) is 14.3. The number of nitrogens with zero attached hydrogens (tertiary/aromatic N) is 1. The fraction of sp³-hybridized carbons (Fsp3) is 0.917. The van der Waals surface area contributed by atoms with E-state index in [4.69, 9.17) is 4.84 Å². The zero-order valence-electron chi connectivity index (χ0n) is 10.2. The average Bonchev–Trinajstić information content (AvgIpc) is 2.26. The third-order valence-electron chi connectivity index (χ3n) is 3.23. The molecule has 0 aromatic carbocycles. The van der Waals surface area contributed by atoms with Crippen molar-refractivity contribution < 1.29 is 18.0 Å². The van der Waals surface area contributed by atoms with Crippen LogP contribution < -0.4 is 0 Å². The maximum absolute atomic E-state index is 11.9. The number of unbranched alkanes of at least 4 members (excludes halogenated alkanes) is 1. The van der Waals surface area contributed by atoms with E-state index in [9.17, 15) is 13.2 Å². The molecule has 1 aliphatic carbocycles. The lowest BCUT2D eigenvalue weighted by Crippen LogP contribution is -2.14. The third-order valence-corrected chi connectivity index (χ3v) is 3.23. The predicted molar refractivity (Wildman–Crippen MR) is 60.9 cm³/mol. The van der Waals surface area contributed by atoms with Gasteiger partial charge in [-0.05, 0) is 38.0 Å². The molecular formula is C12H20F3NO. The molecule has 0 aromatic rings. The largest absolute Gasteiger partial charge is 0.399 e. The molecule has 17 heavy (non-hydrogen) atoms. The quantitative estimate of drug-likeness (QED) is 0.527. The zero-order chi connectivity index (χ0) is 12.7. The van der Waals surface area contributed by atoms with Gasteiger partial charge in [0.2, 0.25) is 0 Å². The summed E-state index contributed by atoms with van der Waals surface area (Å²) in [6.45, 7) is 0. The van der Waals surface area contributed by atoms with E-state index in [1.807, 2.05) is 0 Å². The summed E-state index contributed by atoms with van der Waals surface area (Å²) >= 11 is 0. The maximum atomic E-state index is 11.9. The van der Waals surface area contributed by atoms with Crippen molar-refractivity contribution in [3.05, 3.63) is 0 Å². The Morgan fingerprint density at radius 2 is 1.88 bits per heavy atom. The van der Waals surface area contributed by atoms with E-state index in [-0.39, 0.29) is 6.42 Å². The summed E-state index contributed by atoms with van der Waals surface area (Å²) in [6.07, 6.45) is 1.15. The van der Waals surface area contributed by atoms with Crippen LogP contribution in [-0.2, 0) is 4.84 Å². The molecule has 0 unspecified atom stereocenters. The van der Waals surface area contributed by atoms with Gasteiger partial charge in [-0.1, -0.05) is 18.0 Å². The van der Waals surface area contributed by atoms with E-state index in [0.717, 1.165) is 37.8 Å². The number of halogens is 3. The Hall–Kier alpha value is -0.740. The Bertz CT molecular complexity index is 241. The van der Waals surface area contributed by atoms with Gasteiger partial charge in [0.05, 0.1) is 5.71 Å². The molecule has 0 atom stereocenters. The van der Waals surface area contributed by atoms with Gasteiger partial charge < -0.3 is 4.84 Å². The van der Waals surface area contributed by atoms with Gasteiger partial charge in [0.1, 0.15) is 7.11 Å². The minimum absolute atomic E-state index is 0.263. The SMILES string of the molecule is CON=C1CCC(CCCCC(F)(F)F)CC1. The maximum Gasteiger partial charge on any atom is 0.389 e. The van der Waals surface area contributed by atoms with Crippen LogP contribution in [0.3, 0.4) is 0 Å². The predicted octanol–water partition coefficient (Wildman–Crippen LogP) is 4.30. The molecule has 0 bridgehead atoms. The second kappa shape index (κ2) is 6.87. The first-order valence-electron chi connectivity index (χ1n) is 6.17. The first-order chi connectivity index (χ1) is 8.01. The monoisotopic (exact) mass is 251 g/mol. The lowest BCUT2D eigenvalue weighted by Gasteiger charge is -2.22. The Morgan fingerprint density at radius 3 is 2.41 bits per heavy atom. The van der Waals surface area contributed by atoms with Crippen LogP contribution in [0.1, 0.15) is 51.4 Å². The zero-order valence-corrected chi connectivity index (χ0v) is 10.2. The lowest BCUT2D eigenvalue weighted by atomic mass is 9.84. The highest BCUT2D eigenvalue weighted by atomic mass is 19.4. The highest BCUT2D eigenvalue weighted by Gasteiger charge is 2.26. The summed E-state index contributed by atoms with van der Waals surface area (Å²) in [5, 5.41) is 3.91. The molecule has 0 aliphatic heterocycles. The van der Waals surface area contributed by atoms with Crippen molar-refractivity contribution in [2.75, 3.05) is 7.11 Å². The summed E-state index contributed by atoms with van der Waals surface area (Å²) in [4.78, 5) is 4.72. The Balaban J connectivity index is 2.09. The molecule has 0 radical (unpaired) electrons. The van der Waals surface area contributed by atoms with Gasteiger partial charge in [-0.25, -0.2) is 0 Å². The molecular weight excluding hydrogens is 231 g/mol. The standard InChI is InChI=1S/C12H20F3NO/c1-17-16-11-7-5-10(6-8-11)4-2-3-9-12(13,14)15/h10H,2-9H2,1H3. The first-order valence-corrected chi connectivity index (χ1v) is 6.17. The van der Waals surface area contributed by atoms with Gasteiger partial charge in [-0.3, -0.25) is 0 Å². The van der Waals surface area contributed by atoms with Crippen molar-refractivity contribution in [2.24, 2.45) is 11.1 Å². The number of hydrogen-bond donors (Lipinski definition) is 0. The van der Waals surface area contributed by atoms with Gasteiger partial charge in [0.15, 0.2) is 0 Å². The van der Waals surface area contributed by atoms with Crippen LogP contribution in [0.25, 0.3) is 0 Å². The van der Waals surface area contributed by atoms with Gasteiger partial charge in [0, 0.05) is 6.42 Å². The molecule has 1 aliphatic rings. The molecule has 5 heteroatoms. The van der Waals surface area contributed by atoms with Gasteiger partial charge >= 0.3 is 6.18 Å². The van der Waals surface area contributed by atoms with Crippen molar-refractivity contribution >= 4 is 5.71 Å². The normalized spacial score (nSPS) is 21.4. The number of alkyl halides is 3. The van der Waals surface area contributed by atoms with Crippen molar-refractivity contribution in [1.82, 2.24) is 0 Å². The molecule has 100 valence electrons. The van der Waals surface area contributed by atoms with Crippen molar-refractivity contribution in [2.45, 2.75) is 57.5 Å². The van der Waals surface area contributed by atoms with E-state index in [2.05, 4.69) is 5.16 Å². The molecule has 0 heterocycles. The Labute approximate surface area is 100 Å². The topological polar surface area (TPSA) is 21.6 Å². The van der Waals surface area contributed by atoms with Crippen LogP contribution in [-0.4, -0.2) is 19.0 Å². The number of hydrogen-bond acceptors (Lipinski definition) is 2. The van der Waals surface area contributed by atoms with Gasteiger partial charge in [-0.15, -0.1) is 0 Å². The molecule has 2 nitrogen and oxygen atoms in total. The molecule has 0 aromatic heterocycles. The van der Waals surface area contributed by atoms with Crippen LogP contribution >= 0.6 is 0 Å². The highest BCUT2D eigenvalue weighted by Crippen LogP contribution is 2.29. The highest BCUT2D eigenvalue weighted by molar-refractivity contribution is 5.84. The molecule has 0 N–H and O–H groups in total. The fourth-order valence-corrected chi connectivity index (χ4v) is 2.28. The Kier molecular flexibility index (Phi) is 5.78. The molecule has 1 rings (SSSR count). The van der Waals surface area contributed by atoms with Crippen molar-refractivity contribution in [3.8, 4) is 0 Å². The minimum Gasteiger partial charge on any atom is -0.399 e. The molecule has 0 saturated heterocycles. The van der Waals surface area contributed by atoms with Crippen LogP contribution in [0.4, 0.5) is 13.2 Å². The fourth-order valence-electron chi connectivity index (χ4n) is 2.28. The molecule has 0 spiro atoms. The van der Waals surface area contributed by atoms with E-state index in [1.54, 1.807) is 0 Å². The summed E-state index contributed by atoms with van der Waals surface area (Å²) in [6, 6.07) is 0. The van der Waals surface area contributed by atoms with Crippen LogP contribution in [0, 0.1) is 5.92 Å². The lowest BCUT2D eigenvalue weighted by molar-refractivity contribution is -0.135. The molecule has 0 amide bonds. The van der Waals surface area contributed by atoms with Gasteiger partial charge in [-0.2, -0.15) is 13.2 Å². The summed E-state index contributed by atoms with van der Waals surface area (Å²) in [7, 11) is 1.54. The van der Waals surface area contributed by atoms with Crippen molar-refractivity contribution in [1.29, 1.82) is 0 Å². The second-order valence-electron chi connectivity index (χ2n) is 4.64. The van der Waals surface area contributed by atoms with E-state index in [1.165, 1.54) is 7.11 Å². The third kappa shape index (κ3) is 6.54. The van der Waals surface area contributed by atoms with Crippen LogP contribution in [0.5, 0.6) is 0 Å². The van der Waals surface area contributed by atoms with E-state index < -0.39 is 12.6 Å². The summed E-state index contributed by atoms with van der Waals surface area (Å²) in [5.74, 6) is 0.569. The smallest absolute Gasteiger partial charge is 0.389 e. The van der Waals surface area contributed by atoms with Crippen molar-refractivity contribution in [3.63, 3.8) is 0 Å². The number of rotatable bonds is 5. The van der Waals surface area contributed by atoms with Gasteiger partial charge in [0.25, 0.3) is 0 Å². The second-order valence-corrected chi connectivity index (χ2v) is 4.64. The number of oxime groups is 1. The van der Waals surface area contributed by atoms with E-state index in [0.29, 0.717) is 12.3 Å². The Morgan fingerprint density at radius 1 is 1.24 bits per heavy atom. The van der Waals surface area contributed by atoms with E-state index >= 15 is 0 Å². The summed E-state index contributed by atoms with van der Waals surface area (Å²) in [5.41, 5.74) is 1.08. The minimum atomic E-state index is -4.00. The molecule has 1 saturated carbocycles.